The van der Waals surface area contributed by atoms with E-state index in [4.69, 9.17) is 14.2 Å². The molecule has 0 radical (unpaired) electrons. The van der Waals surface area contributed by atoms with Crippen LogP contribution in [0.4, 0.5) is 4.79 Å². The molecule has 0 aromatic heterocycles. The highest BCUT2D eigenvalue weighted by Crippen LogP contribution is 2.21. The van der Waals surface area contributed by atoms with Gasteiger partial charge in [-0.1, -0.05) is 58.0 Å². The molecule has 1 aromatic carbocycles. The van der Waals surface area contributed by atoms with Crippen LogP contribution in [0.15, 0.2) is 30.3 Å². The molecule has 3 N–H and O–H groups in total. The van der Waals surface area contributed by atoms with Gasteiger partial charge in [-0.2, -0.15) is 0 Å². The van der Waals surface area contributed by atoms with Crippen molar-refractivity contribution in [1.82, 2.24) is 16.0 Å². The number of thioether (sulfide) groups is 1. The van der Waals surface area contributed by atoms with E-state index in [1.54, 1.807) is 20.8 Å². The molecular weight excluding hydrogens is 470 g/mol. The molecule has 3 amide bonds. The predicted octanol–water partition coefficient (Wildman–Crippen LogP) is 3.43. The molecule has 0 aliphatic carbocycles. The summed E-state index contributed by atoms with van der Waals surface area (Å²) in [7, 11) is 0. The molecule has 0 aliphatic rings. The molecular formula is C25H41N3O6S. The van der Waals surface area contributed by atoms with Gasteiger partial charge in [-0.25, -0.2) is 4.79 Å². The summed E-state index contributed by atoms with van der Waals surface area (Å²) >= 11 is 1.51. The Kier molecular flexibility index (Phi) is 14.4. The summed E-state index contributed by atoms with van der Waals surface area (Å²) in [6.45, 7) is 13.9. The molecule has 0 aliphatic heterocycles. The van der Waals surface area contributed by atoms with E-state index in [2.05, 4.69) is 16.0 Å². The Morgan fingerprint density at radius 3 is 1.97 bits per heavy atom. The summed E-state index contributed by atoms with van der Waals surface area (Å²) in [5.74, 6) is -1.08. The van der Waals surface area contributed by atoms with E-state index in [-0.39, 0.29) is 23.7 Å². The Morgan fingerprint density at radius 1 is 0.857 bits per heavy atom. The summed E-state index contributed by atoms with van der Waals surface area (Å²) in [6, 6.07) is 7.54. The minimum atomic E-state index is -0.867. The number of alkyl carbamates (subject to hydrolysis) is 1. The Labute approximate surface area is 213 Å². The smallest absolute Gasteiger partial charge is 0.408 e. The summed E-state index contributed by atoms with van der Waals surface area (Å²) in [5.41, 5.74) is 0.838. The molecule has 0 spiro atoms. The van der Waals surface area contributed by atoms with Crippen molar-refractivity contribution in [3.05, 3.63) is 35.9 Å². The molecule has 10 heteroatoms. The topological polar surface area (TPSA) is 115 Å². The van der Waals surface area contributed by atoms with Gasteiger partial charge in [0.15, 0.2) is 6.29 Å². The number of carbonyl (C=O) groups is 3. The zero-order chi connectivity index (χ0) is 26.4. The van der Waals surface area contributed by atoms with Gasteiger partial charge >= 0.3 is 6.09 Å². The maximum Gasteiger partial charge on any atom is 0.408 e. The maximum atomic E-state index is 12.9. The molecule has 0 saturated heterocycles. The number of amides is 3. The van der Waals surface area contributed by atoms with Gasteiger partial charge in [0, 0.05) is 18.5 Å². The Bertz CT molecular complexity index is 772. The van der Waals surface area contributed by atoms with Gasteiger partial charge < -0.3 is 30.2 Å². The van der Waals surface area contributed by atoms with Crippen LogP contribution < -0.4 is 16.0 Å². The minimum Gasteiger partial charge on any atom is -0.445 e. The summed E-state index contributed by atoms with van der Waals surface area (Å²) < 4.78 is 16.6. The molecule has 1 unspecified atom stereocenters. The Hall–Kier alpha value is -2.30. The Balaban J connectivity index is 2.73. The lowest BCUT2D eigenvalue weighted by atomic mass is 10.0. The van der Waals surface area contributed by atoms with Crippen molar-refractivity contribution in [2.24, 2.45) is 5.92 Å². The molecule has 3 atom stereocenters. The summed E-state index contributed by atoms with van der Waals surface area (Å²) in [6.07, 6.45) is -1.32. The lowest BCUT2D eigenvalue weighted by molar-refractivity contribution is -0.146. The lowest BCUT2D eigenvalue weighted by Gasteiger charge is -2.30. The molecule has 0 saturated carbocycles. The first-order valence-corrected chi connectivity index (χ1v) is 13.0. The zero-order valence-corrected chi connectivity index (χ0v) is 22.6. The van der Waals surface area contributed by atoms with Gasteiger partial charge in [0.05, 0.1) is 0 Å². The van der Waals surface area contributed by atoms with Gasteiger partial charge in [-0.3, -0.25) is 9.59 Å². The first-order chi connectivity index (χ1) is 16.6. The van der Waals surface area contributed by atoms with Crippen molar-refractivity contribution in [1.29, 1.82) is 0 Å². The summed E-state index contributed by atoms with van der Waals surface area (Å²) in [5, 5.41) is 7.97. The number of hydrogen-bond acceptors (Lipinski definition) is 7. The van der Waals surface area contributed by atoms with E-state index in [0.717, 1.165) is 5.56 Å². The third kappa shape index (κ3) is 11.8. The molecule has 0 fully saturated rings. The average Bonchev–Trinajstić information content (AvgIpc) is 2.80. The second kappa shape index (κ2) is 16.4. The number of hydrogen-bond donors (Lipinski definition) is 3. The highest BCUT2D eigenvalue weighted by Gasteiger charge is 2.31. The quantitative estimate of drug-likeness (QED) is 0.309. The highest BCUT2D eigenvalue weighted by atomic mass is 32.2. The average molecular weight is 512 g/mol. The van der Waals surface area contributed by atoms with E-state index in [0.29, 0.717) is 13.2 Å². The molecule has 198 valence electrons. The van der Waals surface area contributed by atoms with E-state index < -0.39 is 35.7 Å². The van der Waals surface area contributed by atoms with E-state index in [1.807, 2.05) is 58.0 Å². The van der Waals surface area contributed by atoms with Crippen LogP contribution in [0, 0.1) is 5.92 Å². The predicted molar refractivity (Wildman–Crippen MR) is 138 cm³/mol. The first kappa shape index (κ1) is 30.7. The fraction of sp³-hybridized carbons (Fsp3) is 0.640. The summed E-state index contributed by atoms with van der Waals surface area (Å²) in [4.78, 5) is 38.1. The third-order valence-corrected chi connectivity index (χ3v) is 5.98. The van der Waals surface area contributed by atoms with Crippen LogP contribution in [0.1, 0.15) is 54.0 Å². The number of nitrogens with one attached hydrogen (secondary N) is 3. The van der Waals surface area contributed by atoms with Crippen LogP contribution in [0.2, 0.25) is 0 Å². The maximum absolute atomic E-state index is 12.9. The van der Waals surface area contributed by atoms with Gasteiger partial charge in [-0.05, 0) is 32.3 Å². The number of ether oxygens (including phenoxy) is 3. The van der Waals surface area contributed by atoms with Crippen molar-refractivity contribution in [2.45, 2.75) is 84.1 Å². The second-order valence-electron chi connectivity index (χ2n) is 8.55. The van der Waals surface area contributed by atoms with Crippen molar-refractivity contribution in [3.8, 4) is 0 Å². The number of benzene rings is 1. The van der Waals surface area contributed by atoms with Crippen LogP contribution in [0.3, 0.4) is 0 Å². The SMILES string of the molecule is CCOC(OCC)C(NC(=O)[C@H](C)NC(=O)[C@@H](NC(=O)OCc1ccccc1)C(C)C)SC(C)C. The van der Waals surface area contributed by atoms with Crippen LogP contribution in [-0.2, 0) is 30.4 Å². The minimum absolute atomic E-state index is 0.0909. The zero-order valence-electron chi connectivity index (χ0n) is 21.8. The monoisotopic (exact) mass is 511 g/mol. The molecule has 35 heavy (non-hydrogen) atoms. The van der Waals surface area contributed by atoms with Crippen LogP contribution in [-0.4, -0.2) is 60.1 Å². The van der Waals surface area contributed by atoms with Gasteiger partial charge in [0.1, 0.15) is 24.1 Å². The van der Waals surface area contributed by atoms with Crippen LogP contribution >= 0.6 is 11.8 Å². The third-order valence-electron chi connectivity index (χ3n) is 4.80. The van der Waals surface area contributed by atoms with Gasteiger partial charge in [-0.15, -0.1) is 11.8 Å². The van der Waals surface area contributed by atoms with E-state index in [9.17, 15) is 14.4 Å². The van der Waals surface area contributed by atoms with Crippen molar-refractivity contribution >= 4 is 29.7 Å². The second-order valence-corrected chi connectivity index (χ2v) is 10.3. The van der Waals surface area contributed by atoms with Crippen LogP contribution in [0.5, 0.6) is 0 Å². The number of rotatable bonds is 15. The Morgan fingerprint density at radius 2 is 1.46 bits per heavy atom. The lowest BCUT2D eigenvalue weighted by Crippen LogP contribution is -2.56. The molecule has 0 bridgehead atoms. The fourth-order valence-corrected chi connectivity index (χ4v) is 4.13. The molecule has 0 heterocycles. The number of carbonyl (C=O) groups excluding carboxylic acids is 3. The van der Waals surface area contributed by atoms with Crippen molar-refractivity contribution in [3.63, 3.8) is 0 Å². The normalized spacial score (nSPS) is 13.9. The largest absolute Gasteiger partial charge is 0.445 e. The first-order valence-electron chi connectivity index (χ1n) is 12.1. The standard InChI is InChI=1S/C25H41N3O6S/c1-8-32-24(33-9-2)23(35-17(5)6)28-21(29)18(7)26-22(30)20(16(3)4)27-25(31)34-15-19-13-11-10-12-14-19/h10-14,16-18,20,23-24H,8-9,15H2,1-7H3,(H,26,30)(H,27,31)(H,28,29)/t18-,20-,23?/m0/s1. The van der Waals surface area contributed by atoms with Crippen molar-refractivity contribution < 1.29 is 28.6 Å². The molecule has 9 nitrogen and oxygen atoms in total. The van der Waals surface area contributed by atoms with Gasteiger partial charge in [0.2, 0.25) is 11.8 Å². The van der Waals surface area contributed by atoms with Gasteiger partial charge in [0.25, 0.3) is 0 Å². The van der Waals surface area contributed by atoms with Crippen molar-refractivity contribution in [2.75, 3.05) is 13.2 Å². The van der Waals surface area contributed by atoms with E-state index in [1.165, 1.54) is 11.8 Å². The van der Waals surface area contributed by atoms with E-state index >= 15 is 0 Å². The highest BCUT2D eigenvalue weighted by molar-refractivity contribution is 8.00. The molecule has 1 aromatic rings. The van der Waals surface area contributed by atoms with Crippen LogP contribution in [0.25, 0.3) is 0 Å². The molecule has 1 rings (SSSR count). The fourth-order valence-electron chi connectivity index (χ4n) is 3.07.